The van der Waals surface area contributed by atoms with Crippen LogP contribution in [-0.2, 0) is 11.3 Å². The van der Waals surface area contributed by atoms with Crippen LogP contribution >= 0.6 is 0 Å². The molecule has 1 aromatic heterocycles. The minimum Gasteiger partial charge on any atom is -0.462 e. The summed E-state index contributed by atoms with van der Waals surface area (Å²) in [5.41, 5.74) is 0.942. The Balaban J connectivity index is 1.89. The molecule has 4 rings (SSSR count). The maximum absolute atomic E-state index is 15.0. The highest BCUT2D eigenvalue weighted by atomic mass is 19.1. The van der Waals surface area contributed by atoms with Crippen LogP contribution in [0.15, 0.2) is 47.4 Å². The average Bonchev–Trinajstić information content (AvgIpc) is 2.77. The Kier molecular flexibility index (Phi) is 5.99. The lowest BCUT2D eigenvalue weighted by atomic mass is 10.1. The molecule has 0 saturated carbocycles. The number of fused-ring (bicyclic) bond motifs is 1. The fraction of sp³-hybridized carbons (Fsp3) is 0.304. The van der Waals surface area contributed by atoms with Crippen LogP contribution in [0.2, 0.25) is 0 Å². The Hall–Kier alpha value is -3.26. The van der Waals surface area contributed by atoms with Crippen molar-refractivity contribution in [1.29, 1.82) is 0 Å². The minimum atomic E-state index is -0.756. The molecule has 0 spiro atoms. The normalized spacial score (nSPS) is 14.1. The summed E-state index contributed by atoms with van der Waals surface area (Å²) in [7, 11) is 0. The molecule has 1 aliphatic heterocycles. The average molecular weight is 427 g/mol. The van der Waals surface area contributed by atoms with Gasteiger partial charge in [0.25, 0.3) is 0 Å². The number of carbonyl (C=O) groups excluding carboxylic acids is 1. The lowest BCUT2D eigenvalue weighted by Crippen LogP contribution is -2.43. The van der Waals surface area contributed by atoms with Crippen molar-refractivity contribution in [3.05, 3.63) is 75.6 Å². The number of nitrogens with one attached hydrogen (secondary N) is 1. The Bertz CT molecular complexity index is 1170. The molecule has 162 valence electrons. The zero-order valence-corrected chi connectivity index (χ0v) is 17.2. The van der Waals surface area contributed by atoms with Crippen LogP contribution in [0.3, 0.4) is 0 Å². The number of esters is 1. The van der Waals surface area contributed by atoms with E-state index in [1.807, 2.05) is 4.90 Å². The second-order valence-corrected chi connectivity index (χ2v) is 7.40. The van der Waals surface area contributed by atoms with Gasteiger partial charge in [0.2, 0.25) is 5.43 Å². The molecule has 3 aromatic rings. The largest absolute Gasteiger partial charge is 0.462 e. The molecule has 8 heteroatoms. The van der Waals surface area contributed by atoms with Gasteiger partial charge in [0.15, 0.2) is 0 Å². The second kappa shape index (κ2) is 8.85. The summed E-state index contributed by atoms with van der Waals surface area (Å²) in [6, 6.07) is 8.79. The Morgan fingerprint density at radius 3 is 2.52 bits per heavy atom. The van der Waals surface area contributed by atoms with Crippen molar-refractivity contribution in [2.45, 2.75) is 13.5 Å². The minimum absolute atomic E-state index is 0.101. The molecule has 6 nitrogen and oxygen atoms in total. The molecule has 1 aliphatic rings. The molecule has 1 saturated heterocycles. The third kappa shape index (κ3) is 4.29. The van der Waals surface area contributed by atoms with E-state index in [2.05, 4.69) is 5.32 Å². The molecule has 0 unspecified atom stereocenters. The molecule has 0 radical (unpaired) electrons. The van der Waals surface area contributed by atoms with Crippen LogP contribution in [0.5, 0.6) is 0 Å². The lowest BCUT2D eigenvalue weighted by molar-refractivity contribution is 0.0524. The zero-order chi connectivity index (χ0) is 22.0. The fourth-order valence-electron chi connectivity index (χ4n) is 3.82. The number of hydrogen-bond acceptors (Lipinski definition) is 5. The first-order chi connectivity index (χ1) is 15.0. The number of piperazine rings is 1. The highest BCUT2D eigenvalue weighted by Gasteiger charge is 2.21. The van der Waals surface area contributed by atoms with Crippen LogP contribution in [-0.4, -0.2) is 43.3 Å². The number of nitrogens with zero attached hydrogens (tertiary/aromatic N) is 2. The van der Waals surface area contributed by atoms with Gasteiger partial charge < -0.3 is 19.5 Å². The van der Waals surface area contributed by atoms with E-state index in [1.165, 1.54) is 24.4 Å². The SMILES string of the molecule is CCOC(=O)c1cn(Cc2ccc(F)cc2)c2cc(N3CCNCC3)c(F)cc2c1=O. The molecule has 2 heterocycles. The van der Waals surface area contributed by atoms with E-state index in [4.69, 9.17) is 4.74 Å². The monoisotopic (exact) mass is 427 g/mol. The van der Waals surface area contributed by atoms with Crippen LogP contribution < -0.4 is 15.6 Å². The molecule has 1 fully saturated rings. The van der Waals surface area contributed by atoms with E-state index >= 15 is 0 Å². The van der Waals surface area contributed by atoms with Crippen LogP contribution in [0.25, 0.3) is 10.9 Å². The summed E-state index contributed by atoms with van der Waals surface area (Å²) < 4.78 is 35.1. The number of pyridine rings is 1. The number of carbonyl (C=O) groups is 1. The van der Waals surface area contributed by atoms with Gasteiger partial charge in [-0.3, -0.25) is 4.79 Å². The fourth-order valence-corrected chi connectivity index (χ4v) is 3.82. The maximum atomic E-state index is 15.0. The highest BCUT2D eigenvalue weighted by molar-refractivity contribution is 5.94. The van der Waals surface area contributed by atoms with Gasteiger partial charge in [-0.25, -0.2) is 13.6 Å². The van der Waals surface area contributed by atoms with E-state index < -0.39 is 17.2 Å². The van der Waals surface area contributed by atoms with Gasteiger partial charge in [0, 0.05) is 44.3 Å². The predicted octanol–water partition coefficient (Wildman–Crippen LogP) is 2.91. The summed E-state index contributed by atoms with van der Waals surface area (Å²) in [6.45, 7) is 4.80. The number of hydrogen-bond donors (Lipinski definition) is 1. The van der Waals surface area contributed by atoms with Gasteiger partial charge in [0.1, 0.15) is 17.2 Å². The first-order valence-electron chi connectivity index (χ1n) is 10.2. The second-order valence-electron chi connectivity index (χ2n) is 7.40. The molecular formula is C23H23F2N3O3. The maximum Gasteiger partial charge on any atom is 0.343 e. The number of benzene rings is 2. The van der Waals surface area contributed by atoms with Crippen molar-refractivity contribution in [1.82, 2.24) is 9.88 Å². The molecule has 1 N–H and O–H groups in total. The van der Waals surface area contributed by atoms with Crippen LogP contribution in [0.1, 0.15) is 22.8 Å². The topological polar surface area (TPSA) is 63.6 Å². The highest BCUT2D eigenvalue weighted by Crippen LogP contribution is 2.26. The van der Waals surface area contributed by atoms with Gasteiger partial charge in [-0.1, -0.05) is 12.1 Å². The third-order valence-corrected chi connectivity index (χ3v) is 5.37. The van der Waals surface area contributed by atoms with Gasteiger partial charge >= 0.3 is 5.97 Å². The van der Waals surface area contributed by atoms with Crippen molar-refractivity contribution >= 4 is 22.6 Å². The Morgan fingerprint density at radius 2 is 1.84 bits per heavy atom. The standard InChI is InChI=1S/C23H23F2N3O3/c1-2-31-23(30)18-14-28(13-15-3-5-16(24)6-4-15)20-12-21(27-9-7-26-8-10-27)19(25)11-17(20)22(18)29/h3-6,11-12,14,26H,2,7-10,13H2,1H3. The number of aromatic nitrogens is 1. The van der Waals surface area contributed by atoms with Gasteiger partial charge in [-0.15, -0.1) is 0 Å². The lowest BCUT2D eigenvalue weighted by Gasteiger charge is -2.30. The first-order valence-corrected chi connectivity index (χ1v) is 10.2. The summed E-state index contributed by atoms with van der Waals surface area (Å²) >= 11 is 0. The molecule has 2 aromatic carbocycles. The van der Waals surface area contributed by atoms with Gasteiger partial charge in [-0.05, 0) is 36.8 Å². The van der Waals surface area contributed by atoms with Crippen LogP contribution in [0, 0.1) is 11.6 Å². The zero-order valence-electron chi connectivity index (χ0n) is 17.2. The van der Waals surface area contributed by atoms with Crippen molar-refractivity contribution in [2.24, 2.45) is 0 Å². The summed E-state index contributed by atoms with van der Waals surface area (Å²) in [5, 5.41) is 3.33. The molecular weight excluding hydrogens is 404 g/mol. The molecule has 31 heavy (non-hydrogen) atoms. The van der Waals surface area contributed by atoms with E-state index in [9.17, 15) is 18.4 Å². The van der Waals surface area contributed by atoms with Crippen LogP contribution in [0.4, 0.5) is 14.5 Å². The van der Waals surface area contributed by atoms with E-state index in [-0.39, 0.29) is 29.9 Å². The smallest absolute Gasteiger partial charge is 0.343 e. The van der Waals surface area contributed by atoms with Crippen molar-refractivity contribution in [2.75, 3.05) is 37.7 Å². The summed E-state index contributed by atoms with van der Waals surface area (Å²) in [5.74, 6) is -1.63. The van der Waals surface area contributed by atoms with Gasteiger partial charge in [0.05, 0.1) is 17.8 Å². The van der Waals surface area contributed by atoms with E-state index in [1.54, 1.807) is 29.7 Å². The number of halogens is 2. The Labute approximate surface area is 178 Å². The van der Waals surface area contributed by atoms with E-state index in [0.29, 0.717) is 24.3 Å². The molecule has 0 aliphatic carbocycles. The summed E-state index contributed by atoms with van der Waals surface area (Å²) in [4.78, 5) is 27.3. The quantitative estimate of drug-likeness (QED) is 0.635. The number of anilines is 1. The van der Waals surface area contributed by atoms with Crippen molar-refractivity contribution in [3.63, 3.8) is 0 Å². The van der Waals surface area contributed by atoms with Crippen molar-refractivity contribution in [3.8, 4) is 0 Å². The third-order valence-electron chi connectivity index (χ3n) is 5.37. The number of ether oxygens (including phenoxy) is 1. The molecule has 0 amide bonds. The predicted molar refractivity (Wildman–Crippen MR) is 115 cm³/mol. The number of rotatable bonds is 5. The van der Waals surface area contributed by atoms with E-state index in [0.717, 1.165) is 18.7 Å². The molecule has 0 bridgehead atoms. The Morgan fingerprint density at radius 1 is 1.13 bits per heavy atom. The summed E-state index contributed by atoms with van der Waals surface area (Å²) in [6.07, 6.45) is 1.44. The van der Waals surface area contributed by atoms with Gasteiger partial charge in [-0.2, -0.15) is 0 Å². The van der Waals surface area contributed by atoms with Crippen molar-refractivity contribution < 1.29 is 18.3 Å². The molecule has 0 atom stereocenters. The first kappa shape index (κ1) is 21.0.